The molecule has 0 radical (unpaired) electrons. The number of aliphatic hydroxyl groups excluding tert-OH is 1. The van der Waals surface area contributed by atoms with E-state index in [1.807, 2.05) is 18.2 Å². The standard InChI is InChI=1S/C14H20O2/c15-13(14(16)10-4-5-11-14)9-8-12-6-2-1-3-7-12/h1-3,6-7,13,15-16H,4-5,8-11H2. The van der Waals surface area contributed by atoms with Crippen molar-refractivity contribution in [3.8, 4) is 0 Å². The van der Waals surface area contributed by atoms with Crippen LogP contribution in [0.25, 0.3) is 0 Å². The van der Waals surface area contributed by atoms with E-state index in [1.165, 1.54) is 5.56 Å². The van der Waals surface area contributed by atoms with Gasteiger partial charge in [0.15, 0.2) is 0 Å². The van der Waals surface area contributed by atoms with Crippen molar-refractivity contribution in [2.45, 2.75) is 50.2 Å². The average Bonchev–Trinajstić information content (AvgIpc) is 2.76. The Balaban J connectivity index is 1.86. The minimum absolute atomic E-state index is 0.574. The first kappa shape index (κ1) is 11.6. The quantitative estimate of drug-likeness (QED) is 0.817. The molecule has 0 bridgehead atoms. The molecule has 1 saturated carbocycles. The minimum Gasteiger partial charge on any atom is -0.390 e. The zero-order valence-electron chi connectivity index (χ0n) is 9.60. The molecule has 1 aliphatic rings. The Morgan fingerprint density at radius 1 is 1.12 bits per heavy atom. The number of rotatable bonds is 4. The Morgan fingerprint density at radius 3 is 2.38 bits per heavy atom. The molecule has 1 aromatic carbocycles. The van der Waals surface area contributed by atoms with Crippen molar-refractivity contribution in [1.82, 2.24) is 0 Å². The molecule has 1 fully saturated rings. The molecule has 0 aromatic heterocycles. The summed E-state index contributed by atoms with van der Waals surface area (Å²) < 4.78 is 0. The molecule has 0 spiro atoms. The summed E-state index contributed by atoms with van der Waals surface area (Å²) in [6, 6.07) is 10.1. The Labute approximate surface area is 96.9 Å². The molecule has 2 rings (SSSR count). The highest BCUT2D eigenvalue weighted by Crippen LogP contribution is 2.33. The maximum absolute atomic E-state index is 10.2. The lowest BCUT2D eigenvalue weighted by Crippen LogP contribution is -2.39. The van der Waals surface area contributed by atoms with Crippen molar-refractivity contribution < 1.29 is 10.2 Å². The van der Waals surface area contributed by atoms with Crippen molar-refractivity contribution >= 4 is 0 Å². The monoisotopic (exact) mass is 220 g/mol. The van der Waals surface area contributed by atoms with Gasteiger partial charge in [-0.3, -0.25) is 0 Å². The summed E-state index contributed by atoms with van der Waals surface area (Å²) in [5.74, 6) is 0. The van der Waals surface area contributed by atoms with Crippen LogP contribution in [-0.2, 0) is 6.42 Å². The predicted molar refractivity (Wildman–Crippen MR) is 64.2 cm³/mol. The summed E-state index contributed by atoms with van der Waals surface area (Å²) in [4.78, 5) is 0. The smallest absolute Gasteiger partial charge is 0.0905 e. The van der Waals surface area contributed by atoms with E-state index in [4.69, 9.17) is 0 Å². The van der Waals surface area contributed by atoms with Gasteiger partial charge in [-0.2, -0.15) is 0 Å². The van der Waals surface area contributed by atoms with Crippen LogP contribution >= 0.6 is 0 Å². The Bertz CT molecular complexity index is 315. The molecule has 0 aliphatic heterocycles. The minimum atomic E-state index is -0.811. The maximum atomic E-state index is 10.2. The number of hydrogen-bond acceptors (Lipinski definition) is 2. The second-order valence-corrected chi connectivity index (χ2v) is 4.85. The van der Waals surface area contributed by atoms with Gasteiger partial charge in [-0.1, -0.05) is 43.2 Å². The van der Waals surface area contributed by atoms with Crippen molar-refractivity contribution in [2.24, 2.45) is 0 Å². The van der Waals surface area contributed by atoms with Crippen molar-refractivity contribution in [2.75, 3.05) is 0 Å². The predicted octanol–water partition coefficient (Wildman–Crippen LogP) is 2.29. The zero-order chi connectivity index (χ0) is 11.4. The average molecular weight is 220 g/mol. The lowest BCUT2D eigenvalue weighted by Gasteiger charge is -2.28. The van der Waals surface area contributed by atoms with Gasteiger partial charge in [0, 0.05) is 0 Å². The third kappa shape index (κ3) is 2.63. The normalized spacial score (nSPS) is 20.9. The molecule has 1 aromatic rings. The number of hydrogen-bond donors (Lipinski definition) is 2. The largest absolute Gasteiger partial charge is 0.390 e. The van der Waals surface area contributed by atoms with E-state index in [9.17, 15) is 10.2 Å². The second kappa shape index (κ2) is 4.98. The molecule has 1 aliphatic carbocycles. The molecule has 16 heavy (non-hydrogen) atoms. The fourth-order valence-electron chi connectivity index (χ4n) is 2.54. The van der Waals surface area contributed by atoms with E-state index in [0.717, 1.165) is 32.1 Å². The van der Waals surface area contributed by atoms with E-state index >= 15 is 0 Å². The molecule has 2 nitrogen and oxygen atoms in total. The molecular formula is C14H20O2. The number of benzene rings is 1. The molecule has 1 atom stereocenters. The van der Waals surface area contributed by atoms with E-state index in [0.29, 0.717) is 6.42 Å². The van der Waals surface area contributed by atoms with E-state index in [2.05, 4.69) is 12.1 Å². The Kier molecular flexibility index (Phi) is 3.62. The van der Waals surface area contributed by atoms with Crippen LogP contribution < -0.4 is 0 Å². The molecule has 1 unspecified atom stereocenters. The van der Waals surface area contributed by atoms with Gasteiger partial charge in [-0.05, 0) is 31.2 Å². The van der Waals surface area contributed by atoms with E-state index < -0.39 is 11.7 Å². The summed E-state index contributed by atoms with van der Waals surface area (Å²) in [5.41, 5.74) is 0.414. The van der Waals surface area contributed by atoms with Gasteiger partial charge in [0.05, 0.1) is 11.7 Å². The van der Waals surface area contributed by atoms with Gasteiger partial charge in [0.1, 0.15) is 0 Å². The molecular weight excluding hydrogens is 200 g/mol. The van der Waals surface area contributed by atoms with Crippen molar-refractivity contribution in [1.29, 1.82) is 0 Å². The fourth-order valence-corrected chi connectivity index (χ4v) is 2.54. The third-order valence-corrected chi connectivity index (χ3v) is 3.64. The fraction of sp³-hybridized carbons (Fsp3) is 0.571. The molecule has 88 valence electrons. The van der Waals surface area contributed by atoms with E-state index in [-0.39, 0.29) is 0 Å². The van der Waals surface area contributed by atoms with Crippen molar-refractivity contribution in [3.63, 3.8) is 0 Å². The second-order valence-electron chi connectivity index (χ2n) is 4.85. The van der Waals surface area contributed by atoms with Crippen LogP contribution in [-0.4, -0.2) is 21.9 Å². The third-order valence-electron chi connectivity index (χ3n) is 3.64. The lowest BCUT2D eigenvalue weighted by atomic mass is 9.90. The highest BCUT2D eigenvalue weighted by molar-refractivity contribution is 5.15. The first-order valence-corrected chi connectivity index (χ1v) is 6.15. The Morgan fingerprint density at radius 2 is 1.75 bits per heavy atom. The van der Waals surface area contributed by atoms with Gasteiger partial charge in [-0.15, -0.1) is 0 Å². The van der Waals surface area contributed by atoms with Gasteiger partial charge in [0.2, 0.25) is 0 Å². The Hall–Kier alpha value is -0.860. The van der Waals surface area contributed by atoms with Crippen LogP contribution in [0.4, 0.5) is 0 Å². The summed E-state index contributed by atoms with van der Waals surface area (Å²) >= 11 is 0. The van der Waals surface area contributed by atoms with Crippen molar-refractivity contribution in [3.05, 3.63) is 35.9 Å². The van der Waals surface area contributed by atoms with Gasteiger partial charge >= 0.3 is 0 Å². The van der Waals surface area contributed by atoms with Crippen LogP contribution in [0.2, 0.25) is 0 Å². The maximum Gasteiger partial charge on any atom is 0.0905 e. The topological polar surface area (TPSA) is 40.5 Å². The van der Waals surface area contributed by atoms with Crippen LogP contribution in [0.3, 0.4) is 0 Å². The molecule has 0 saturated heterocycles. The van der Waals surface area contributed by atoms with Crippen LogP contribution in [0.5, 0.6) is 0 Å². The van der Waals surface area contributed by atoms with E-state index in [1.54, 1.807) is 0 Å². The first-order valence-electron chi connectivity index (χ1n) is 6.15. The SMILES string of the molecule is OC(CCc1ccccc1)C1(O)CCCC1. The van der Waals surface area contributed by atoms with Gasteiger partial charge in [-0.25, -0.2) is 0 Å². The molecule has 0 heterocycles. The van der Waals surface area contributed by atoms with Gasteiger partial charge in [0.25, 0.3) is 0 Å². The summed E-state index contributed by atoms with van der Waals surface area (Å²) in [5, 5.41) is 20.2. The summed E-state index contributed by atoms with van der Waals surface area (Å²) in [7, 11) is 0. The highest BCUT2D eigenvalue weighted by atomic mass is 16.3. The van der Waals surface area contributed by atoms with Crippen LogP contribution in [0.15, 0.2) is 30.3 Å². The highest BCUT2D eigenvalue weighted by Gasteiger charge is 2.37. The zero-order valence-corrected chi connectivity index (χ0v) is 9.60. The van der Waals surface area contributed by atoms with Crippen LogP contribution in [0, 0.1) is 0 Å². The molecule has 2 N–H and O–H groups in total. The molecule has 0 amide bonds. The number of aliphatic hydroxyl groups is 2. The van der Waals surface area contributed by atoms with Crippen LogP contribution in [0.1, 0.15) is 37.7 Å². The molecule has 2 heteroatoms. The number of aryl methyl sites for hydroxylation is 1. The summed E-state index contributed by atoms with van der Waals surface area (Å²) in [6.45, 7) is 0. The summed E-state index contributed by atoms with van der Waals surface area (Å²) in [6.07, 6.45) is 4.50. The lowest BCUT2D eigenvalue weighted by molar-refractivity contribution is -0.0726. The van der Waals surface area contributed by atoms with Gasteiger partial charge < -0.3 is 10.2 Å². The first-order chi connectivity index (χ1) is 7.71.